The van der Waals surface area contributed by atoms with Crippen molar-refractivity contribution in [1.82, 2.24) is 0 Å². The van der Waals surface area contributed by atoms with Crippen LogP contribution in [0.25, 0.3) is 0 Å². The summed E-state index contributed by atoms with van der Waals surface area (Å²) in [4.78, 5) is 9.45. The predicted octanol–water partition coefficient (Wildman–Crippen LogP) is 2.30. The zero-order valence-corrected chi connectivity index (χ0v) is 9.08. The van der Waals surface area contributed by atoms with Crippen LogP contribution in [0.3, 0.4) is 0 Å². The van der Waals surface area contributed by atoms with E-state index in [1.807, 2.05) is 0 Å². The molecule has 0 saturated heterocycles. The zero-order valence-electron chi connectivity index (χ0n) is 9.08. The van der Waals surface area contributed by atoms with Crippen LogP contribution in [0.15, 0.2) is 12.1 Å². The Morgan fingerprint density at radius 3 is 2.53 bits per heavy atom. The predicted molar refractivity (Wildman–Crippen MR) is 57.5 cm³/mol. The molecule has 0 radical (unpaired) electrons. The lowest BCUT2D eigenvalue weighted by molar-refractivity contribution is -0.387. The minimum absolute atomic E-state index is 0.143. The fourth-order valence-corrected chi connectivity index (χ4v) is 1.70. The maximum Gasteiger partial charge on any atom is 0.307 e. The lowest BCUT2D eigenvalue weighted by atomic mass is 10.0. The third kappa shape index (κ3) is 2.58. The Balaban J connectivity index is 2.17. The second-order valence-electron chi connectivity index (χ2n) is 4.51. The molecular weight excluding hydrogens is 230 g/mol. The molecule has 1 aliphatic carbocycles. The normalized spacial score (nSPS) is 16.9. The van der Waals surface area contributed by atoms with Crippen molar-refractivity contribution >= 4 is 5.69 Å². The average molecular weight is 242 g/mol. The minimum Gasteiger partial charge on any atom is -0.325 e. The Bertz CT molecular complexity index is 473. The van der Waals surface area contributed by atoms with Crippen molar-refractivity contribution in [3.63, 3.8) is 0 Å². The van der Waals surface area contributed by atoms with Gasteiger partial charge in [-0.2, -0.15) is 4.39 Å². The van der Waals surface area contributed by atoms with E-state index in [9.17, 15) is 18.9 Å². The number of nitrogens with zero attached hydrogens (tertiary/aromatic N) is 1. The van der Waals surface area contributed by atoms with Gasteiger partial charge in [-0.1, -0.05) is 0 Å². The summed E-state index contributed by atoms with van der Waals surface area (Å²) in [7, 11) is 0. The molecule has 0 atom stereocenters. The summed E-state index contributed by atoms with van der Waals surface area (Å²) < 4.78 is 26.8. The van der Waals surface area contributed by atoms with Crippen molar-refractivity contribution < 1.29 is 13.7 Å². The molecule has 1 aliphatic rings. The van der Waals surface area contributed by atoms with E-state index in [0.29, 0.717) is 18.9 Å². The monoisotopic (exact) mass is 242 g/mol. The Labute approximate surface area is 96.6 Å². The van der Waals surface area contributed by atoms with Gasteiger partial charge in [0, 0.05) is 5.54 Å². The van der Waals surface area contributed by atoms with E-state index >= 15 is 0 Å². The fraction of sp³-hybridized carbons (Fsp3) is 0.455. The fourth-order valence-electron chi connectivity index (χ4n) is 1.70. The highest BCUT2D eigenvalue weighted by atomic mass is 19.1. The molecule has 6 heteroatoms. The van der Waals surface area contributed by atoms with Gasteiger partial charge in [0.25, 0.3) is 0 Å². The molecule has 2 N–H and O–H groups in total. The van der Waals surface area contributed by atoms with E-state index < -0.39 is 22.2 Å². The molecule has 0 amide bonds. The third-order valence-corrected chi connectivity index (χ3v) is 3.10. The van der Waals surface area contributed by atoms with Crippen molar-refractivity contribution in [2.24, 2.45) is 5.73 Å². The highest BCUT2D eigenvalue weighted by molar-refractivity contribution is 5.36. The number of hydrogen-bond acceptors (Lipinski definition) is 3. The quantitative estimate of drug-likeness (QED) is 0.650. The van der Waals surface area contributed by atoms with Crippen LogP contribution in [0, 0.1) is 21.7 Å². The summed E-state index contributed by atoms with van der Waals surface area (Å²) in [6.07, 6.45) is 2.66. The maximum absolute atomic E-state index is 13.5. The molecule has 2 rings (SSSR count). The molecule has 0 heterocycles. The van der Waals surface area contributed by atoms with Gasteiger partial charge in [0.15, 0.2) is 0 Å². The SMILES string of the molecule is NC1(CCc2cc(F)c([N+](=O)[O-])cc2F)CC1. The number of nitro groups is 1. The van der Waals surface area contributed by atoms with Gasteiger partial charge >= 0.3 is 5.69 Å². The molecule has 1 saturated carbocycles. The van der Waals surface area contributed by atoms with Gasteiger partial charge < -0.3 is 5.73 Å². The van der Waals surface area contributed by atoms with Crippen molar-refractivity contribution in [2.45, 2.75) is 31.2 Å². The smallest absolute Gasteiger partial charge is 0.307 e. The number of halogens is 2. The first-order chi connectivity index (χ1) is 7.91. The number of aryl methyl sites for hydroxylation is 1. The van der Waals surface area contributed by atoms with Gasteiger partial charge in [0.1, 0.15) is 5.82 Å². The molecule has 4 nitrogen and oxygen atoms in total. The lowest BCUT2D eigenvalue weighted by Crippen LogP contribution is -2.22. The van der Waals surface area contributed by atoms with Gasteiger partial charge in [-0.25, -0.2) is 4.39 Å². The van der Waals surface area contributed by atoms with Gasteiger partial charge in [0.2, 0.25) is 5.82 Å². The van der Waals surface area contributed by atoms with Crippen molar-refractivity contribution in [3.8, 4) is 0 Å². The number of benzene rings is 1. The summed E-state index contributed by atoms with van der Waals surface area (Å²) in [5, 5.41) is 10.4. The summed E-state index contributed by atoms with van der Waals surface area (Å²) in [6, 6.07) is 1.51. The highest BCUT2D eigenvalue weighted by Gasteiger charge is 2.37. The molecule has 1 aromatic rings. The number of nitrogens with two attached hydrogens (primary N) is 1. The molecule has 0 aromatic heterocycles. The van der Waals surface area contributed by atoms with Gasteiger partial charge in [-0.05, 0) is 37.3 Å². The van der Waals surface area contributed by atoms with Crippen molar-refractivity contribution in [1.29, 1.82) is 0 Å². The van der Waals surface area contributed by atoms with Crippen LogP contribution in [0.4, 0.5) is 14.5 Å². The second kappa shape index (κ2) is 4.03. The first-order valence-electron chi connectivity index (χ1n) is 5.32. The van der Waals surface area contributed by atoms with Crippen molar-refractivity contribution in [2.75, 3.05) is 0 Å². The molecule has 1 fully saturated rings. The standard InChI is InChI=1S/C11H12F2N2O2/c12-8-6-10(15(16)17)9(13)5-7(8)1-2-11(14)3-4-11/h5-6H,1-4,14H2. The summed E-state index contributed by atoms with van der Waals surface area (Å²) in [6.45, 7) is 0. The lowest BCUT2D eigenvalue weighted by Gasteiger charge is -2.08. The summed E-state index contributed by atoms with van der Waals surface area (Å²) in [5.74, 6) is -1.75. The van der Waals surface area contributed by atoms with Gasteiger partial charge in [-0.3, -0.25) is 10.1 Å². The van der Waals surface area contributed by atoms with Gasteiger partial charge in [0.05, 0.1) is 11.0 Å². The average Bonchev–Trinajstić information content (AvgIpc) is 2.97. The second-order valence-corrected chi connectivity index (χ2v) is 4.51. The molecule has 0 spiro atoms. The van der Waals surface area contributed by atoms with Crippen LogP contribution in [0.2, 0.25) is 0 Å². The molecule has 92 valence electrons. The van der Waals surface area contributed by atoms with Crippen molar-refractivity contribution in [3.05, 3.63) is 39.4 Å². The number of hydrogen-bond donors (Lipinski definition) is 1. The Hall–Kier alpha value is -1.56. The van der Waals surface area contributed by atoms with E-state index in [1.165, 1.54) is 0 Å². The molecular formula is C11H12F2N2O2. The largest absolute Gasteiger partial charge is 0.325 e. The Kier molecular flexibility index (Phi) is 2.82. The summed E-state index contributed by atoms with van der Waals surface area (Å²) in [5.41, 5.74) is 4.90. The molecule has 1 aromatic carbocycles. The van der Waals surface area contributed by atoms with Crippen LogP contribution >= 0.6 is 0 Å². The first-order valence-corrected chi connectivity index (χ1v) is 5.32. The Morgan fingerprint density at radius 1 is 1.35 bits per heavy atom. The highest BCUT2D eigenvalue weighted by Crippen LogP contribution is 2.37. The molecule has 0 bridgehead atoms. The maximum atomic E-state index is 13.5. The molecule has 0 unspecified atom stereocenters. The third-order valence-electron chi connectivity index (χ3n) is 3.10. The van der Waals surface area contributed by atoms with Crippen LogP contribution in [-0.2, 0) is 6.42 Å². The van der Waals surface area contributed by atoms with E-state index in [2.05, 4.69) is 0 Å². The van der Waals surface area contributed by atoms with Gasteiger partial charge in [-0.15, -0.1) is 0 Å². The molecule has 17 heavy (non-hydrogen) atoms. The van der Waals surface area contributed by atoms with E-state index in [1.54, 1.807) is 0 Å². The number of rotatable bonds is 4. The zero-order chi connectivity index (χ0) is 12.6. The molecule has 0 aliphatic heterocycles. The van der Waals surface area contributed by atoms with Crippen LogP contribution in [0.5, 0.6) is 0 Å². The van der Waals surface area contributed by atoms with E-state index in [-0.39, 0.29) is 11.1 Å². The number of nitro benzene ring substituents is 1. The van der Waals surface area contributed by atoms with Crippen LogP contribution < -0.4 is 5.73 Å². The Morgan fingerprint density at radius 2 is 2.00 bits per heavy atom. The van der Waals surface area contributed by atoms with Crippen LogP contribution in [0.1, 0.15) is 24.8 Å². The van der Waals surface area contributed by atoms with E-state index in [0.717, 1.165) is 18.9 Å². The van der Waals surface area contributed by atoms with Crippen LogP contribution in [-0.4, -0.2) is 10.5 Å². The van der Waals surface area contributed by atoms with E-state index in [4.69, 9.17) is 5.73 Å². The first kappa shape index (κ1) is 11.9. The minimum atomic E-state index is -1.01. The topological polar surface area (TPSA) is 69.2 Å². The summed E-state index contributed by atoms with van der Waals surface area (Å²) >= 11 is 0.